The predicted molar refractivity (Wildman–Crippen MR) is 71.2 cm³/mol. The van der Waals surface area contributed by atoms with Gasteiger partial charge in [0.1, 0.15) is 11.7 Å². The van der Waals surface area contributed by atoms with Crippen LogP contribution in [-0.2, 0) is 0 Å². The second-order valence-electron chi connectivity index (χ2n) is 4.11. The quantitative estimate of drug-likeness (QED) is 0.910. The Morgan fingerprint density at radius 2 is 1.95 bits per heavy atom. The molecule has 0 aliphatic heterocycles. The Hall–Kier alpha value is -2.67. The van der Waals surface area contributed by atoms with E-state index in [1.54, 1.807) is 24.3 Å². The monoisotopic (exact) mass is 251 g/mol. The summed E-state index contributed by atoms with van der Waals surface area (Å²) < 4.78 is 0. The van der Waals surface area contributed by atoms with Gasteiger partial charge in [-0.3, -0.25) is 4.79 Å². The smallest absolute Gasteiger partial charge is 0.271 e. The lowest BCUT2D eigenvalue weighted by atomic mass is 10.1. The summed E-state index contributed by atoms with van der Waals surface area (Å²) in [4.78, 5) is 16.1. The molecule has 1 heterocycles. The topological polar surface area (TPSA) is 65.8 Å². The number of carbonyl (C=O) groups is 1. The predicted octanol–water partition coefficient (Wildman–Crippen LogP) is 2.38. The van der Waals surface area contributed by atoms with Crippen LogP contribution in [0.3, 0.4) is 0 Å². The third-order valence-corrected chi connectivity index (χ3v) is 2.66. The number of benzene rings is 1. The lowest BCUT2D eigenvalue weighted by molar-refractivity contribution is 0.0940. The molecule has 1 amide bonds. The standard InChI is InChI=1S/C15H13N3O/c1-11-6-5-9-13(17-11)15(19)18-14(10-16)12-7-3-2-4-8-12/h2-9,14H,1H3,(H,18,19). The number of pyridine rings is 1. The highest BCUT2D eigenvalue weighted by Gasteiger charge is 2.15. The summed E-state index contributed by atoms with van der Waals surface area (Å²) in [5.74, 6) is -0.348. The number of rotatable bonds is 3. The van der Waals surface area contributed by atoms with E-state index in [4.69, 9.17) is 5.26 Å². The normalized spacial score (nSPS) is 11.4. The van der Waals surface area contributed by atoms with Crippen molar-refractivity contribution in [3.63, 3.8) is 0 Å². The van der Waals surface area contributed by atoms with Crippen molar-refractivity contribution >= 4 is 5.91 Å². The first-order valence-electron chi connectivity index (χ1n) is 5.90. The SMILES string of the molecule is Cc1cccc(C(=O)NC(C#N)c2ccccc2)n1. The summed E-state index contributed by atoms with van der Waals surface area (Å²) in [6.07, 6.45) is 0. The Morgan fingerprint density at radius 3 is 2.58 bits per heavy atom. The van der Waals surface area contributed by atoms with E-state index < -0.39 is 6.04 Å². The van der Waals surface area contributed by atoms with E-state index in [0.717, 1.165) is 11.3 Å². The summed E-state index contributed by atoms with van der Waals surface area (Å²) >= 11 is 0. The molecule has 0 fully saturated rings. The van der Waals surface area contributed by atoms with Crippen LogP contribution in [0.15, 0.2) is 48.5 Å². The number of aryl methyl sites for hydroxylation is 1. The number of nitrogens with zero attached hydrogens (tertiary/aromatic N) is 2. The molecule has 0 aliphatic carbocycles. The van der Waals surface area contributed by atoms with Crippen LogP contribution < -0.4 is 5.32 Å². The highest BCUT2D eigenvalue weighted by Crippen LogP contribution is 2.12. The Labute approximate surface area is 111 Å². The highest BCUT2D eigenvalue weighted by atomic mass is 16.1. The molecule has 19 heavy (non-hydrogen) atoms. The first-order valence-corrected chi connectivity index (χ1v) is 5.90. The average molecular weight is 251 g/mol. The second kappa shape index (κ2) is 5.78. The third-order valence-electron chi connectivity index (χ3n) is 2.66. The lowest BCUT2D eigenvalue weighted by Gasteiger charge is -2.11. The van der Waals surface area contributed by atoms with Crippen molar-refractivity contribution in [2.24, 2.45) is 0 Å². The fourth-order valence-electron chi connectivity index (χ4n) is 1.71. The van der Waals surface area contributed by atoms with Gasteiger partial charge in [-0.15, -0.1) is 0 Å². The Balaban J connectivity index is 2.16. The van der Waals surface area contributed by atoms with Gasteiger partial charge in [0.25, 0.3) is 5.91 Å². The maximum absolute atomic E-state index is 12.0. The molecule has 0 saturated heterocycles. The molecule has 0 bridgehead atoms. The zero-order valence-electron chi connectivity index (χ0n) is 10.5. The summed E-state index contributed by atoms with van der Waals surface area (Å²) in [6, 6.07) is 15.7. The second-order valence-corrected chi connectivity index (χ2v) is 4.11. The fourth-order valence-corrected chi connectivity index (χ4v) is 1.71. The number of nitriles is 1. The molecule has 4 nitrogen and oxygen atoms in total. The minimum Gasteiger partial charge on any atom is -0.331 e. The van der Waals surface area contributed by atoms with Crippen molar-refractivity contribution in [3.05, 3.63) is 65.5 Å². The zero-order chi connectivity index (χ0) is 13.7. The molecule has 1 unspecified atom stereocenters. The van der Waals surface area contributed by atoms with Crippen molar-refractivity contribution in [1.29, 1.82) is 5.26 Å². The molecule has 94 valence electrons. The number of nitrogens with one attached hydrogen (secondary N) is 1. The Bertz CT molecular complexity index is 617. The van der Waals surface area contributed by atoms with Gasteiger partial charge in [0.2, 0.25) is 0 Å². The van der Waals surface area contributed by atoms with Crippen molar-refractivity contribution < 1.29 is 4.79 Å². The molecule has 1 aromatic heterocycles. The zero-order valence-corrected chi connectivity index (χ0v) is 10.5. The molecule has 0 saturated carbocycles. The number of hydrogen-bond donors (Lipinski definition) is 1. The van der Waals surface area contributed by atoms with Crippen LogP contribution in [0.4, 0.5) is 0 Å². The van der Waals surface area contributed by atoms with E-state index in [0.29, 0.717) is 5.69 Å². The van der Waals surface area contributed by atoms with Crippen LogP contribution in [0.25, 0.3) is 0 Å². The third kappa shape index (κ3) is 3.17. The van der Waals surface area contributed by atoms with E-state index in [9.17, 15) is 4.79 Å². The van der Waals surface area contributed by atoms with Crippen molar-refractivity contribution in [3.8, 4) is 6.07 Å². The minimum atomic E-state index is -0.670. The van der Waals surface area contributed by atoms with Crippen LogP contribution >= 0.6 is 0 Å². The van der Waals surface area contributed by atoms with Gasteiger partial charge in [0.15, 0.2) is 0 Å². The maximum atomic E-state index is 12.0. The van der Waals surface area contributed by atoms with E-state index in [-0.39, 0.29) is 5.91 Å². The van der Waals surface area contributed by atoms with Gasteiger partial charge in [0.05, 0.1) is 6.07 Å². The van der Waals surface area contributed by atoms with E-state index in [1.165, 1.54) is 0 Å². The largest absolute Gasteiger partial charge is 0.331 e. The molecule has 1 aromatic carbocycles. The number of aromatic nitrogens is 1. The molecule has 0 spiro atoms. The Morgan fingerprint density at radius 1 is 1.21 bits per heavy atom. The fraction of sp³-hybridized carbons (Fsp3) is 0.133. The first-order chi connectivity index (χ1) is 9.20. The number of carbonyl (C=O) groups excluding carboxylic acids is 1. The Kier molecular flexibility index (Phi) is 3.89. The van der Waals surface area contributed by atoms with Gasteiger partial charge < -0.3 is 5.32 Å². The first kappa shape index (κ1) is 12.8. The van der Waals surface area contributed by atoms with Crippen molar-refractivity contribution in [2.75, 3.05) is 0 Å². The van der Waals surface area contributed by atoms with Gasteiger partial charge in [-0.1, -0.05) is 36.4 Å². The van der Waals surface area contributed by atoms with Crippen LogP contribution in [0.2, 0.25) is 0 Å². The van der Waals surface area contributed by atoms with Gasteiger partial charge in [-0.25, -0.2) is 4.98 Å². The lowest BCUT2D eigenvalue weighted by Crippen LogP contribution is -2.28. The molecule has 1 N–H and O–H groups in total. The van der Waals surface area contributed by atoms with Gasteiger partial charge in [0, 0.05) is 5.69 Å². The van der Waals surface area contributed by atoms with Crippen LogP contribution in [-0.4, -0.2) is 10.9 Å². The summed E-state index contributed by atoms with van der Waals surface area (Å²) in [5.41, 5.74) is 1.84. The molecule has 1 atom stereocenters. The van der Waals surface area contributed by atoms with Gasteiger partial charge in [-0.05, 0) is 24.6 Å². The van der Waals surface area contributed by atoms with E-state index in [2.05, 4.69) is 16.4 Å². The molecular weight excluding hydrogens is 238 g/mol. The van der Waals surface area contributed by atoms with E-state index in [1.807, 2.05) is 31.2 Å². The highest BCUT2D eigenvalue weighted by molar-refractivity contribution is 5.92. The maximum Gasteiger partial charge on any atom is 0.271 e. The van der Waals surface area contributed by atoms with E-state index >= 15 is 0 Å². The number of amides is 1. The summed E-state index contributed by atoms with van der Waals surface area (Å²) in [7, 11) is 0. The van der Waals surface area contributed by atoms with Crippen LogP contribution in [0, 0.1) is 18.3 Å². The van der Waals surface area contributed by atoms with Crippen molar-refractivity contribution in [2.45, 2.75) is 13.0 Å². The average Bonchev–Trinajstić information content (AvgIpc) is 2.45. The molecule has 0 radical (unpaired) electrons. The van der Waals surface area contributed by atoms with Gasteiger partial charge in [-0.2, -0.15) is 5.26 Å². The molecule has 2 rings (SSSR count). The molecule has 0 aliphatic rings. The molecular formula is C15H13N3O. The summed E-state index contributed by atoms with van der Waals surface area (Å²) in [5, 5.41) is 11.8. The van der Waals surface area contributed by atoms with Crippen LogP contribution in [0.5, 0.6) is 0 Å². The summed E-state index contributed by atoms with van der Waals surface area (Å²) in [6.45, 7) is 1.82. The van der Waals surface area contributed by atoms with Gasteiger partial charge >= 0.3 is 0 Å². The van der Waals surface area contributed by atoms with Crippen molar-refractivity contribution in [1.82, 2.24) is 10.3 Å². The van der Waals surface area contributed by atoms with Crippen LogP contribution in [0.1, 0.15) is 27.8 Å². The molecule has 2 aromatic rings. The number of hydrogen-bond acceptors (Lipinski definition) is 3. The minimum absolute atomic E-state index is 0.316. The molecule has 4 heteroatoms.